The quantitative estimate of drug-likeness (QED) is 0.336. The molecule has 0 saturated heterocycles. The highest BCUT2D eigenvalue weighted by Gasteiger charge is 2.30. The first-order valence-electron chi connectivity index (χ1n) is 8.71. The summed E-state index contributed by atoms with van der Waals surface area (Å²) >= 11 is 6.25. The molecule has 30 heavy (non-hydrogen) atoms. The van der Waals surface area contributed by atoms with E-state index in [0.29, 0.717) is 23.0 Å². The fraction of sp³-hybridized carbons (Fsp3) is 0.300. The number of nitrogens with zero attached hydrogens (tertiary/aromatic N) is 3. The number of anilines is 1. The number of benzene rings is 2. The summed E-state index contributed by atoms with van der Waals surface area (Å²) in [6.45, 7) is 1.22. The summed E-state index contributed by atoms with van der Waals surface area (Å²) < 4.78 is 21.5. The minimum absolute atomic E-state index is 0.198. The lowest BCUT2D eigenvalue weighted by Crippen LogP contribution is -2.36. The molecule has 2 aromatic carbocycles. The number of methoxy groups -OCH3 is 4. The number of hydrogen-bond acceptors (Lipinski definition) is 8. The summed E-state index contributed by atoms with van der Waals surface area (Å²) in [7, 11) is 5.86. The molecule has 2 rings (SSSR count). The normalized spacial score (nSPS) is 11.7. The molecule has 0 aliphatic carbocycles. The molecule has 2 aromatic rings. The van der Waals surface area contributed by atoms with Gasteiger partial charge in [-0.25, -0.2) is 4.42 Å². The van der Waals surface area contributed by atoms with E-state index in [1.165, 1.54) is 41.4 Å². The van der Waals surface area contributed by atoms with Gasteiger partial charge in [0.05, 0.1) is 28.4 Å². The van der Waals surface area contributed by atoms with E-state index in [1.807, 2.05) is 0 Å². The predicted octanol–water partition coefficient (Wildman–Crippen LogP) is 3.95. The van der Waals surface area contributed by atoms with Crippen molar-refractivity contribution in [2.75, 3.05) is 32.9 Å². The third-order valence-electron chi connectivity index (χ3n) is 4.08. The summed E-state index contributed by atoms with van der Waals surface area (Å²) in [5.41, 5.74) is 0.486. The van der Waals surface area contributed by atoms with Crippen LogP contribution >= 0.6 is 11.8 Å². The summed E-state index contributed by atoms with van der Waals surface area (Å²) in [5.74, 6) is 0.320. The second kappa shape index (κ2) is 10.4. The molecule has 0 spiro atoms. The van der Waals surface area contributed by atoms with Gasteiger partial charge < -0.3 is 18.9 Å². The summed E-state index contributed by atoms with van der Waals surface area (Å²) in [4.78, 5) is 25.0. The van der Waals surface area contributed by atoms with E-state index in [9.17, 15) is 9.59 Å². The van der Waals surface area contributed by atoms with Crippen LogP contribution in [0.4, 0.5) is 11.4 Å². The molecule has 0 aromatic heterocycles. The molecule has 0 aliphatic heterocycles. The van der Waals surface area contributed by atoms with E-state index < -0.39 is 17.7 Å². The molecule has 0 radical (unpaired) electrons. The Kier molecular flexibility index (Phi) is 7.99. The second-order valence-electron chi connectivity index (χ2n) is 5.92. The van der Waals surface area contributed by atoms with Gasteiger partial charge in [-0.3, -0.25) is 9.59 Å². The number of azo groups is 1. The van der Waals surface area contributed by atoms with E-state index in [-0.39, 0.29) is 11.4 Å². The Morgan fingerprint density at radius 1 is 0.900 bits per heavy atom. The molecular formula is C20H22ClN3O6. The van der Waals surface area contributed by atoms with Crippen molar-refractivity contribution < 1.29 is 28.5 Å². The van der Waals surface area contributed by atoms with Crippen molar-refractivity contribution in [1.29, 1.82) is 0 Å². The molecule has 0 N–H and O–H groups in total. The van der Waals surface area contributed by atoms with Crippen molar-refractivity contribution in [3.8, 4) is 23.0 Å². The van der Waals surface area contributed by atoms with Crippen LogP contribution in [-0.4, -0.2) is 46.2 Å². The van der Waals surface area contributed by atoms with Gasteiger partial charge >= 0.3 is 0 Å². The van der Waals surface area contributed by atoms with Crippen LogP contribution < -0.4 is 23.4 Å². The molecule has 0 heterocycles. The highest BCUT2D eigenvalue weighted by molar-refractivity contribution is 6.39. The van der Waals surface area contributed by atoms with Crippen LogP contribution in [0.25, 0.3) is 0 Å². The van der Waals surface area contributed by atoms with Gasteiger partial charge in [0.15, 0.2) is 5.78 Å². The first kappa shape index (κ1) is 23.0. The van der Waals surface area contributed by atoms with Crippen LogP contribution in [0.3, 0.4) is 0 Å². The van der Waals surface area contributed by atoms with Crippen LogP contribution in [-0.2, 0) is 9.59 Å². The second-order valence-corrected chi connectivity index (χ2v) is 6.26. The number of rotatable bonds is 9. The number of hydrogen-bond donors (Lipinski definition) is 0. The molecule has 1 unspecified atom stereocenters. The summed E-state index contributed by atoms with van der Waals surface area (Å²) in [6.07, 6.45) is 0. The number of ketones is 1. The molecule has 1 amide bonds. The van der Waals surface area contributed by atoms with E-state index in [4.69, 9.17) is 30.7 Å². The Morgan fingerprint density at radius 2 is 1.47 bits per heavy atom. The van der Waals surface area contributed by atoms with Crippen LogP contribution in [0.2, 0.25) is 0 Å². The van der Waals surface area contributed by atoms with Crippen molar-refractivity contribution in [2.45, 2.75) is 13.0 Å². The lowest BCUT2D eigenvalue weighted by atomic mass is 10.2. The number of carbonyl (C=O) groups is 2. The lowest BCUT2D eigenvalue weighted by molar-refractivity contribution is -0.126. The third kappa shape index (κ3) is 5.18. The van der Waals surface area contributed by atoms with Crippen molar-refractivity contribution in [3.63, 3.8) is 0 Å². The smallest absolute Gasteiger partial charge is 0.276 e. The maximum absolute atomic E-state index is 12.9. The van der Waals surface area contributed by atoms with Gasteiger partial charge in [0.2, 0.25) is 6.04 Å². The topological polar surface area (TPSA) is 99.0 Å². The largest absolute Gasteiger partial charge is 0.497 e. The average molecular weight is 436 g/mol. The Labute approximate surface area is 179 Å². The van der Waals surface area contributed by atoms with Gasteiger partial charge in [-0.15, -0.1) is 0 Å². The maximum atomic E-state index is 12.9. The molecule has 0 saturated carbocycles. The zero-order valence-electron chi connectivity index (χ0n) is 17.2. The molecule has 10 heteroatoms. The molecular weight excluding hydrogens is 414 g/mol. The SMILES string of the molecule is COc1ccc(OC)c(N=NC(C(C)=O)C(=O)N(Cl)c2cc(OC)ccc2OC)c1. The monoisotopic (exact) mass is 435 g/mol. The first-order chi connectivity index (χ1) is 14.4. The third-order valence-corrected chi connectivity index (χ3v) is 4.43. The number of Topliss-reactive ketones (excluding diaryl/α,β-unsaturated/α-hetero) is 1. The van der Waals surface area contributed by atoms with Gasteiger partial charge in [-0.1, -0.05) is 0 Å². The van der Waals surface area contributed by atoms with Gasteiger partial charge in [0.1, 0.15) is 34.4 Å². The fourth-order valence-electron chi connectivity index (χ4n) is 2.48. The standard InChI is InChI=1S/C20H22ClN3O6/c1-12(25)19(23-22-15-10-13(27-2)6-8-17(15)29-4)20(26)24(21)16-11-14(28-3)7-9-18(16)30-5/h6-11,19H,1-5H3. The molecule has 0 bridgehead atoms. The van der Waals surface area contributed by atoms with Crippen molar-refractivity contribution in [2.24, 2.45) is 10.2 Å². The number of amides is 1. The number of carbonyl (C=O) groups excluding carboxylic acids is 2. The lowest BCUT2D eigenvalue weighted by Gasteiger charge is -2.19. The Bertz CT molecular complexity index is 950. The predicted molar refractivity (Wildman–Crippen MR) is 111 cm³/mol. The molecule has 0 aliphatic rings. The minimum Gasteiger partial charge on any atom is -0.497 e. The maximum Gasteiger partial charge on any atom is 0.276 e. The minimum atomic E-state index is -1.48. The molecule has 0 fully saturated rings. The van der Waals surface area contributed by atoms with Gasteiger partial charge in [-0.05, 0) is 31.2 Å². The Hall–Kier alpha value is -3.33. The Morgan fingerprint density at radius 3 is 2.00 bits per heavy atom. The van der Waals surface area contributed by atoms with Crippen LogP contribution in [0, 0.1) is 0 Å². The Balaban J connectivity index is 2.38. The highest BCUT2D eigenvalue weighted by atomic mass is 35.5. The first-order valence-corrected chi connectivity index (χ1v) is 9.05. The van der Waals surface area contributed by atoms with Gasteiger partial charge in [0, 0.05) is 23.9 Å². The van der Waals surface area contributed by atoms with Crippen LogP contribution in [0.5, 0.6) is 23.0 Å². The van der Waals surface area contributed by atoms with Crippen LogP contribution in [0.15, 0.2) is 46.6 Å². The average Bonchev–Trinajstić information content (AvgIpc) is 2.77. The van der Waals surface area contributed by atoms with E-state index in [0.717, 1.165) is 4.42 Å². The molecule has 1 atom stereocenters. The fourth-order valence-corrected chi connectivity index (χ4v) is 2.70. The molecule has 160 valence electrons. The number of ether oxygens (including phenoxy) is 4. The zero-order chi connectivity index (χ0) is 22.3. The van der Waals surface area contributed by atoms with E-state index in [1.54, 1.807) is 30.3 Å². The van der Waals surface area contributed by atoms with Gasteiger partial charge in [0.25, 0.3) is 5.91 Å². The van der Waals surface area contributed by atoms with Crippen molar-refractivity contribution in [3.05, 3.63) is 36.4 Å². The van der Waals surface area contributed by atoms with Gasteiger partial charge in [-0.2, -0.15) is 10.2 Å². The summed E-state index contributed by atoms with van der Waals surface area (Å²) in [6, 6.07) is 8.14. The molecule has 9 nitrogen and oxygen atoms in total. The van der Waals surface area contributed by atoms with Crippen molar-refractivity contribution in [1.82, 2.24) is 0 Å². The van der Waals surface area contributed by atoms with Crippen molar-refractivity contribution >= 4 is 34.8 Å². The van der Waals surface area contributed by atoms with E-state index >= 15 is 0 Å². The summed E-state index contributed by atoms with van der Waals surface area (Å²) in [5, 5.41) is 7.93. The number of halogens is 1. The zero-order valence-corrected chi connectivity index (χ0v) is 18.0. The highest BCUT2D eigenvalue weighted by Crippen LogP contribution is 2.35. The van der Waals surface area contributed by atoms with E-state index in [2.05, 4.69) is 10.2 Å². The van der Waals surface area contributed by atoms with Crippen LogP contribution in [0.1, 0.15) is 6.92 Å².